The molecule has 1 atom stereocenters. The summed E-state index contributed by atoms with van der Waals surface area (Å²) in [7, 11) is 0. The van der Waals surface area contributed by atoms with Crippen molar-refractivity contribution in [1.82, 2.24) is 19.3 Å². The summed E-state index contributed by atoms with van der Waals surface area (Å²) in [5.74, 6) is 0. The van der Waals surface area contributed by atoms with Gasteiger partial charge in [-0.2, -0.15) is 0 Å². The summed E-state index contributed by atoms with van der Waals surface area (Å²) in [6.07, 6.45) is 1.95. The van der Waals surface area contributed by atoms with E-state index >= 15 is 0 Å². The molecule has 4 aromatic rings. The minimum Gasteiger partial charge on any atom is -0.585 e. The van der Waals surface area contributed by atoms with Crippen LogP contribution in [0.3, 0.4) is 0 Å². The number of hydrogen-bond acceptors (Lipinski definition) is 5. The zero-order valence-corrected chi connectivity index (χ0v) is 18.5. The van der Waals surface area contributed by atoms with E-state index in [2.05, 4.69) is 10.1 Å². The van der Waals surface area contributed by atoms with Crippen LogP contribution in [0.5, 0.6) is 0 Å². The number of hydrogen-bond donors (Lipinski definition) is 0. The first-order valence-electron chi connectivity index (χ1n) is 8.89. The SMILES string of the molecule is Cc1c2c(=O)n(-c3nc4ccccc4s3)[n-]c2cc(=O)n1CC1CCCO1.[Na+]. The van der Waals surface area contributed by atoms with E-state index in [1.165, 1.54) is 22.1 Å². The van der Waals surface area contributed by atoms with Crippen LogP contribution >= 0.6 is 11.3 Å². The van der Waals surface area contributed by atoms with E-state index in [0.29, 0.717) is 28.3 Å². The van der Waals surface area contributed by atoms with E-state index in [-0.39, 0.29) is 46.8 Å². The maximum absolute atomic E-state index is 13.0. The molecule has 1 saturated heterocycles. The van der Waals surface area contributed by atoms with Crippen LogP contribution in [0.1, 0.15) is 18.5 Å². The van der Waals surface area contributed by atoms with Gasteiger partial charge in [-0.1, -0.05) is 23.5 Å². The second-order valence-electron chi connectivity index (χ2n) is 6.75. The third kappa shape index (κ3) is 3.19. The summed E-state index contributed by atoms with van der Waals surface area (Å²) in [6, 6.07) is 9.14. The zero-order valence-electron chi connectivity index (χ0n) is 15.7. The molecule has 0 radical (unpaired) electrons. The number of aryl methyl sites for hydroxylation is 1. The van der Waals surface area contributed by atoms with Gasteiger partial charge >= 0.3 is 29.6 Å². The molecule has 1 aromatic carbocycles. The minimum atomic E-state index is -0.248. The first kappa shape index (κ1) is 19.6. The number of rotatable bonds is 3. The van der Waals surface area contributed by atoms with Crippen molar-refractivity contribution >= 4 is 32.5 Å². The van der Waals surface area contributed by atoms with Crippen molar-refractivity contribution in [1.29, 1.82) is 0 Å². The molecule has 0 N–H and O–H groups in total. The van der Waals surface area contributed by atoms with E-state index in [4.69, 9.17) is 4.74 Å². The minimum absolute atomic E-state index is 0. The van der Waals surface area contributed by atoms with Gasteiger partial charge in [-0.15, -0.1) is 5.52 Å². The van der Waals surface area contributed by atoms with Crippen molar-refractivity contribution in [3.63, 3.8) is 0 Å². The van der Waals surface area contributed by atoms with E-state index in [0.717, 1.165) is 29.7 Å². The summed E-state index contributed by atoms with van der Waals surface area (Å²) in [5, 5.41) is 5.35. The average Bonchev–Trinajstić information content (AvgIpc) is 3.37. The Morgan fingerprint density at radius 2 is 2.14 bits per heavy atom. The van der Waals surface area contributed by atoms with Crippen LogP contribution in [0, 0.1) is 6.92 Å². The number of thiazole rings is 1. The largest absolute Gasteiger partial charge is 1.00 e. The molecular weight excluding hydrogens is 387 g/mol. The molecule has 0 bridgehead atoms. The molecule has 4 heterocycles. The van der Waals surface area contributed by atoms with Crippen molar-refractivity contribution in [3.8, 4) is 5.13 Å². The third-order valence-corrected chi connectivity index (χ3v) is 6.05. The number of ether oxygens (including phenoxy) is 1. The van der Waals surface area contributed by atoms with E-state index < -0.39 is 0 Å². The van der Waals surface area contributed by atoms with E-state index in [9.17, 15) is 9.59 Å². The number of fused-ring (bicyclic) bond motifs is 2. The standard InChI is InChI=1S/C19H18N4O3S.Na/c1-11-17-14(9-16(24)22(11)10-12-5-4-8-26-12)21-23(18(17)25)19-20-13-6-2-3-7-15(13)27-19;/h2-3,6-7,9,12H,4-5,8,10H2,1H3,(H,21,24);/q;+1/p-1. The van der Waals surface area contributed by atoms with Crippen molar-refractivity contribution in [2.45, 2.75) is 32.4 Å². The van der Waals surface area contributed by atoms with Crippen molar-refractivity contribution in [2.75, 3.05) is 6.61 Å². The fraction of sp³-hybridized carbons (Fsp3) is 0.316. The van der Waals surface area contributed by atoms with Crippen LogP contribution < -0.4 is 45.8 Å². The molecular formula is C19H17N4NaO3S. The molecule has 0 spiro atoms. The molecule has 7 nitrogen and oxygen atoms in total. The monoisotopic (exact) mass is 404 g/mol. The van der Waals surface area contributed by atoms with Gasteiger partial charge in [0.05, 0.1) is 22.9 Å². The summed E-state index contributed by atoms with van der Waals surface area (Å²) >= 11 is 1.40. The predicted molar refractivity (Wildman–Crippen MR) is 104 cm³/mol. The van der Waals surface area contributed by atoms with Crippen LogP contribution in [0.4, 0.5) is 0 Å². The van der Waals surface area contributed by atoms with Gasteiger partial charge in [0.2, 0.25) is 11.1 Å². The molecule has 5 rings (SSSR count). The number of aromatic nitrogens is 4. The van der Waals surface area contributed by atoms with E-state index in [1.54, 1.807) is 11.5 Å². The quantitative estimate of drug-likeness (QED) is 0.418. The molecule has 9 heteroatoms. The third-order valence-electron chi connectivity index (χ3n) is 5.04. The van der Waals surface area contributed by atoms with Gasteiger partial charge in [-0.3, -0.25) is 9.59 Å². The first-order chi connectivity index (χ1) is 13.1. The Morgan fingerprint density at radius 3 is 2.89 bits per heavy atom. The number of benzene rings is 1. The summed E-state index contributed by atoms with van der Waals surface area (Å²) < 4.78 is 9.57. The maximum Gasteiger partial charge on any atom is 1.00 e. The summed E-state index contributed by atoms with van der Waals surface area (Å²) in [6.45, 7) is 2.99. The zero-order chi connectivity index (χ0) is 18.5. The Bertz CT molecular complexity index is 1250. The van der Waals surface area contributed by atoms with Crippen LogP contribution in [0.2, 0.25) is 0 Å². The second-order valence-corrected chi connectivity index (χ2v) is 7.76. The number of pyridine rings is 1. The van der Waals surface area contributed by atoms with Gasteiger partial charge in [-0.25, -0.2) is 4.98 Å². The maximum atomic E-state index is 13.0. The molecule has 1 unspecified atom stereocenters. The van der Waals surface area contributed by atoms with Crippen molar-refractivity contribution in [3.05, 3.63) is 56.7 Å². The van der Waals surface area contributed by atoms with Crippen LogP contribution in [0.15, 0.2) is 39.9 Å². The normalized spacial score (nSPS) is 16.7. The van der Waals surface area contributed by atoms with Crippen molar-refractivity contribution < 1.29 is 34.3 Å². The fourth-order valence-electron chi connectivity index (χ4n) is 3.65. The number of para-hydroxylation sites is 1. The molecule has 0 aliphatic carbocycles. The smallest absolute Gasteiger partial charge is 0.585 e. The van der Waals surface area contributed by atoms with Gasteiger partial charge in [0.1, 0.15) is 0 Å². The molecule has 28 heavy (non-hydrogen) atoms. The second kappa shape index (κ2) is 7.61. The van der Waals surface area contributed by atoms with Gasteiger partial charge in [-0.05, 0) is 38.0 Å². The molecule has 1 fully saturated rings. The van der Waals surface area contributed by atoms with Crippen LogP contribution in [-0.2, 0) is 11.3 Å². The number of nitrogens with zero attached hydrogens (tertiary/aromatic N) is 4. The first-order valence-corrected chi connectivity index (χ1v) is 9.71. The Labute approximate surface area is 186 Å². The molecule has 3 aromatic heterocycles. The van der Waals surface area contributed by atoms with E-state index in [1.807, 2.05) is 24.3 Å². The Balaban J connectivity index is 0.00000192. The molecule has 1 aliphatic rings. The molecule has 0 amide bonds. The average molecular weight is 404 g/mol. The Hall–Kier alpha value is -1.71. The molecule has 138 valence electrons. The van der Waals surface area contributed by atoms with Gasteiger partial charge in [0, 0.05) is 17.7 Å². The van der Waals surface area contributed by atoms with Gasteiger partial charge in [0.15, 0.2) is 5.13 Å². The molecule has 0 saturated carbocycles. The summed E-state index contributed by atoms with van der Waals surface area (Å²) in [4.78, 5) is 30.1. The topological polar surface area (TPSA) is 80.2 Å². The van der Waals surface area contributed by atoms with Gasteiger partial charge < -0.3 is 19.1 Å². The van der Waals surface area contributed by atoms with Crippen molar-refractivity contribution in [2.24, 2.45) is 0 Å². The van der Waals surface area contributed by atoms with Crippen LogP contribution in [0.25, 0.3) is 26.3 Å². The Kier molecular flexibility index (Phi) is 5.32. The van der Waals surface area contributed by atoms with Gasteiger partial charge in [0.25, 0.3) is 0 Å². The molecule has 1 aliphatic heterocycles. The predicted octanol–water partition coefficient (Wildman–Crippen LogP) is -0.789. The van der Waals surface area contributed by atoms with Crippen LogP contribution in [-0.4, -0.2) is 26.9 Å². The summed E-state index contributed by atoms with van der Waals surface area (Å²) in [5.41, 5.74) is 1.45. The fourth-order valence-corrected chi connectivity index (χ4v) is 4.57. The Morgan fingerprint density at radius 1 is 1.32 bits per heavy atom.